The van der Waals surface area contributed by atoms with E-state index < -0.39 is 16.0 Å². The first kappa shape index (κ1) is 15.9. The van der Waals surface area contributed by atoms with Gasteiger partial charge in [-0.15, -0.1) is 0 Å². The molecule has 1 heterocycles. The maximum Gasteiger partial charge on any atom is 0.307 e. The Balaban J connectivity index is 1.85. The number of benzene rings is 2. The zero-order valence-electron chi connectivity index (χ0n) is 12.5. The molecule has 0 saturated carbocycles. The number of pyridine rings is 1. The van der Waals surface area contributed by atoms with E-state index in [1.807, 2.05) is 0 Å². The van der Waals surface area contributed by atoms with E-state index in [2.05, 4.69) is 9.71 Å². The van der Waals surface area contributed by atoms with E-state index in [1.54, 1.807) is 54.7 Å². The monoisotopic (exact) mass is 342 g/mol. The Morgan fingerprint density at radius 3 is 2.54 bits per heavy atom. The first-order valence-electron chi connectivity index (χ1n) is 7.12. The number of anilines is 1. The van der Waals surface area contributed by atoms with Gasteiger partial charge in [-0.3, -0.25) is 14.5 Å². The lowest BCUT2D eigenvalue weighted by Gasteiger charge is -2.09. The molecule has 0 fully saturated rings. The molecule has 0 radical (unpaired) electrons. The van der Waals surface area contributed by atoms with Crippen molar-refractivity contribution in [2.45, 2.75) is 11.3 Å². The highest BCUT2D eigenvalue weighted by Crippen LogP contribution is 2.20. The molecule has 0 unspecified atom stereocenters. The van der Waals surface area contributed by atoms with E-state index in [-0.39, 0.29) is 11.3 Å². The maximum atomic E-state index is 12.5. The Morgan fingerprint density at radius 2 is 1.83 bits per heavy atom. The van der Waals surface area contributed by atoms with Crippen molar-refractivity contribution in [2.75, 3.05) is 4.72 Å². The summed E-state index contributed by atoms with van der Waals surface area (Å²) in [5, 5.41) is 9.47. The number of rotatable bonds is 5. The molecule has 0 atom stereocenters. The number of fused-ring (bicyclic) bond motifs is 1. The van der Waals surface area contributed by atoms with Crippen LogP contribution in [0, 0.1) is 0 Å². The van der Waals surface area contributed by atoms with Crippen molar-refractivity contribution in [3.63, 3.8) is 0 Å². The smallest absolute Gasteiger partial charge is 0.307 e. The SMILES string of the molecule is O=C(O)Cc1ccc(NS(=O)(=O)c2ccc3ncccc3c2)cc1. The average molecular weight is 342 g/mol. The van der Waals surface area contributed by atoms with Gasteiger partial charge in [-0.25, -0.2) is 8.42 Å². The molecule has 2 N–H and O–H groups in total. The molecule has 0 saturated heterocycles. The standard InChI is InChI=1S/C17H14N2O4S/c20-17(21)10-12-3-5-14(6-4-12)19-24(22,23)15-7-8-16-13(11-15)2-1-9-18-16/h1-9,11,19H,10H2,(H,20,21). The van der Waals surface area contributed by atoms with Crippen molar-refractivity contribution in [2.24, 2.45) is 0 Å². The van der Waals surface area contributed by atoms with Gasteiger partial charge in [0, 0.05) is 17.3 Å². The fraction of sp³-hybridized carbons (Fsp3) is 0.0588. The van der Waals surface area contributed by atoms with Gasteiger partial charge in [-0.1, -0.05) is 18.2 Å². The Hall–Kier alpha value is -2.93. The number of carboxylic acid groups (broad SMARTS) is 1. The van der Waals surface area contributed by atoms with Crippen LogP contribution in [-0.4, -0.2) is 24.5 Å². The summed E-state index contributed by atoms with van der Waals surface area (Å²) in [4.78, 5) is 15.0. The van der Waals surface area contributed by atoms with Crippen molar-refractivity contribution >= 4 is 32.6 Å². The van der Waals surface area contributed by atoms with E-state index in [1.165, 1.54) is 6.07 Å². The number of aromatic nitrogens is 1. The van der Waals surface area contributed by atoms with E-state index >= 15 is 0 Å². The van der Waals surface area contributed by atoms with E-state index in [0.717, 1.165) is 10.9 Å². The molecular weight excluding hydrogens is 328 g/mol. The molecule has 7 heteroatoms. The summed E-state index contributed by atoms with van der Waals surface area (Å²) in [5.74, 6) is -0.937. The van der Waals surface area contributed by atoms with Gasteiger partial charge in [0.25, 0.3) is 10.0 Å². The molecule has 0 aliphatic heterocycles. The molecule has 1 aromatic heterocycles. The van der Waals surface area contributed by atoms with Crippen LogP contribution in [-0.2, 0) is 21.2 Å². The third-order valence-corrected chi connectivity index (χ3v) is 4.83. The first-order chi connectivity index (χ1) is 11.4. The van der Waals surface area contributed by atoms with Crippen LogP contribution in [0.25, 0.3) is 10.9 Å². The van der Waals surface area contributed by atoms with E-state index in [0.29, 0.717) is 11.3 Å². The lowest BCUT2D eigenvalue weighted by molar-refractivity contribution is -0.136. The summed E-state index contributed by atoms with van der Waals surface area (Å²) >= 11 is 0. The first-order valence-corrected chi connectivity index (χ1v) is 8.61. The number of nitrogens with zero attached hydrogens (tertiary/aromatic N) is 1. The highest BCUT2D eigenvalue weighted by atomic mass is 32.2. The van der Waals surface area contributed by atoms with Crippen molar-refractivity contribution in [3.05, 3.63) is 66.4 Å². The average Bonchev–Trinajstić information content (AvgIpc) is 2.55. The van der Waals surface area contributed by atoms with Gasteiger partial charge in [0.05, 0.1) is 16.8 Å². The third kappa shape index (κ3) is 3.52. The van der Waals surface area contributed by atoms with Crippen LogP contribution in [0.2, 0.25) is 0 Å². The number of carbonyl (C=O) groups is 1. The summed E-state index contributed by atoms with van der Waals surface area (Å²) in [6.07, 6.45) is 1.54. The highest BCUT2D eigenvalue weighted by Gasteiger charge is 2.15. The molecule has 0 aliphatic carbocycles. The second-order valence-electron chi connectivity index (χ2n) is 5.23. The second-order valence-corrected chi connectivity index (χ2v) is 6.91. The predicted octanol–water partition coefficient (Wildman–Crippen LogP) is 2.66. The van der Waals surface area contributed by atoms with Crippen molar-refractivity contribution in [3.8, 4) is 0 Å². The van der Waals surface area contributed by atoms with E-state index in [4.69, 9.17) is 5.11 Å². The van der Waals surface area contributed by atoms with Gasteiger partial charge >= 0.3 is 5.97 Å². The minimum Gasteiger partial charge on any atom is -0.481 e. The minimum atomic E-state index is -3.73. The molecule has 24 heavy (non-hydrogen) atoms. The van der Waals surface area contributed by atoms with Gasteiger partial charge in [0.1, 0.15) is 0 Å². The van der Waals surface area contributed by atoms with Gasteiger partial charge < -0.3 is 5.11 Å². The molecule has 6 nitrogen and oxygen atoms in total. The summed E-state index contributed by atoms with van der Waals surface area (Å²) in [5.41, 5.74) is 1.69. The number of nitrogens with one attached hydrogen (secondary N) is 1. The lowest BCUT2D eigenvalue weighted by Crippen LogP contribution is -2.13. The predicted molar refractivity (Wildman–Crippen MR) is 90.3 cm³/mol. The fourth-order valence-corrected chi connectivity index (χ4v) is 3.39. The van der Waals surface area contributed by atoms with Crippen molar-refractivity contribution < 1.29 is 18.3 Å². The lowest BCUT2D eigenvalue weighted by atomic mass is 10.1. The van der Waals surface area contributed by atoms with Crippen LogP contribution in [0.1, 0.15) is 5.56 Å². The van der Waals surface area contributed by atoms with Gasteiger partial charge in [-0.2, -0.15) is 0 Å². The molecule has 3 aromatic rings. The Kier molecular flexibility index (Phi) is 4.18. The maximum absolute atomic E-state index is 12.5. The highest BCUT2D eigenvalue weighted by molar-refractivity contribution is 7.92. The quantitative estimate of drug-likeness (QED) is 0.743. The number of carboxylic acids is 1. The Morgan fingerprint density at radius 1 is 1.08 bits per heavy atom. The molecule has 2 aromatic carbocycles. The van der Waals surface area contributed by atoms with Crippen molar-refractivity contribution in [1.82, 2.24) is 4.98 Å². The molecule has 0 aliphatic rings. The zero-order chi connectivity index (χ0) is 17.2. The number of hydrogen-bond acceptors (Lipinski definition) is 4. The summed E-state index contributed by atoms with van der Waals surface area (Å²) in [7, 11) is -3.73. The molecular formula is C17H14N2O4S. The van der Waals surface area contributed by atoms with E-state index in [9.17, 15) is 13.2 Å². The number of hydrogen-bond donors (Lipinski definition) is 2. The second kappa shape index (κ2) is 6.29. The molecule has 0 spiro atoms. The number of aliphatic carboxylic acids is 1. The molecule has 122 valence electrons. The molecule has 3 rings (SSSR count). The van der Waals surface area contributed by atoms with Crippen LogP contribution in [0.15, 0.2) is 65.7 Å². The van der Waals surface area contributed by atoms with Gasteiger partial charge in [0.2, 0.25) is 0 Å². The van der Waals surface area contributed by atoms with Gasteiger partial charge in [0.15, 0.2) is 0 Å². The topological polar surface area (TPSA) is 96.4 Å². The molecule has 0 bridgehead atoms. The third-order valence-electron chi connectivity index (χ3n) is 3.45. The fourth-order valence-electron chi connectivity index (χ4n) is 2.30. The largest absolute Gasteiger partial charge is 0.481 e. The number of sulfonamides is 1. The Labute approximate surface area is 138 Å². The zero-order valence-corrected chi connectivity index (χ0v) is 13.3. The minimum absolute atomic E-state index is 0.106. The van der Waals surface area contributed by atoms with Gasteiger partial charge in [-0.05, 0) is 42.0 Å². The molecule has 0 amide bonds. The van der Waals surface area contributed by atoms with Crippen LogP contribution in [0.4, 0.5) is 5.69 Å². The Bertz CT molecular complexity index is 999. The van der Waals surface area contributed by atoms with Crippen LogP contribution < -0.4 is 4.72 Å². The van der Waals surface area contributed by atoms with Crippen LogP contribution >= 0.6 is 0 Å². The van der Waals surface area contributed by atoms with Crippen LogP contribution in [0.3, 0.4) is 0 Å². The normalized spacial score (nSPS) is 11.3. The summed E-state index contributed by atoms with van der Waals surface area (Å²) in [6.45, 7) is 0. The summed E-state index contributed by atoms with van der Waals surface area (Å²) in [6, 6.07) is 14.5. The van der Waals surface area contributed by atoms with Crippen molar-refractivity contribution in [1.29, 1.82) is 0 Å². The summed E-state index contributed by atoms with van der Waals surface area (Å²) < 4.78 is 27.4. The van der Waals surface area contributed by atoms with Crippen LogP contribution in [0.5, 0.6) is 0 Å².